The number of nitrogens with zero attached hydrogens (tertiary/aromatic N) is 1. The highest BCUT2D eigenvalue weighted by molar-refractivity contribution is 5.07. The van der Waals surface area contributed by atoms with Crippen LogP contribution >= 0.6 is 0 Å². The van der Waals surface area contributed by atoms with E-state index in [0.717, 1.165) is 4.57 Å². The molecule has 0 amide bonds. The fourth-order valence-corrected chi connectivity index (χ4v) is 2.38. The fraction of sp³-hybridized carbons (Fsp3) is 0.600. The molecule has 0 saturated carbocycles. The molecule has 1 aromatic heterocycles. The third kappa shape index (κ3) is 1.40. The van der Waals surface area contributed by atoms with E-state index in [1.54, 1.807) is 0 Å². The van der Waals surface area contributed by atoms with Crippen LogP contribution in [0.25, 0.3) is 0 Å². The number of hydrogen-bond donors (Lipinski definition) is 3. The molecule has 0 unspecified atom stereocenters. The highest BCUT2D eigenvalue weighted by atomic mass is 16.7. The monoisotopic (exact) mass is 256 g/mol. The first kappa shape index (κ1) is 11.6. The standard InChI is InChI=1S/C10H12N2O6/c13-3-10-4-17-6(7(10)15)8(18-10)12-2-1-5(14)11-9(12)16/h1-2,6-8,13,15H,3-4H2,(H,11,14,16)/t6-,7+,8-,10-/m0/s1. The Kier molecular flexibility index (Phi) is 2.42. The van der Waals surface area contributed by atoms with Crippen LogP contribution in [0.15, 0.2) is 21.9 Å². The van der Waals surface area contributed by atoms with E-state index in [1.165, 1.54) is 12.3 Å². The van der Waals surface area contributed by atoms with E-state index < -0.39 is 41.9 Å². The third-order valence-electron chi connectivity index (χ3n) is 3.40. The van der Waals surface area contributed by atoms with Gasteiger partial charge in [0.25, 0.3) is 5.56 Å². The molecule has 8 nitrogen and oxygen atoms in total. The number of rotatable bonds is 2. The van der Waals surface area contributed by atoms with E-state index in [4.69, 9.17) is 9.47 Å². The molecule has 3 heterocycles. The molecular weight excluding hydrogens is 244 g/mol. The summed E-state index contributed by atoms with van der Waals surface area (Å²) in [5, 5.41) is 19.2. The molecule has 98 valence electrons. The molecule has 2 aliphatic heterocycles. The number of aliphatic hydroxyl groups excluding tert-OH is 2. The van der Waals surface area contributed by atoms with Gasteiger partial charge in [-0.25, -0.2) is 4.79 Å². The molecule has 3 rings (SSSR count). The van der Waals surface area contributed by atoms with E-state index in [0.29, 0.717) is 0 Å². The zero-order valence-electron chi connectivity index (χ0n) is 9.28. The zero-order chi connectivity index (χ0) is 12.9. The van der Waals surface area contributed by atoms with Gasteiger partial charge in [-0.05, 0) is 0 Å². The summed E-state index contributed by atoms with van der Waals surface area (Å²) in [6, 6.07) is 1.18. The predicted molar refractivity (Wildman–Crippen MR) is 57.0 cm³/mol. The Morgan fingerprint density at radius 3 is 2.94 bits per heavy atom. The van der Waals surface area contributed by atoms with Crippen molar-refractivity contribution < 1.29 is 19.7 Å². The summed E-state index contributed by atoms with van der Waals surface area (Å²) in [5.74, 6) is 0. The topological polar surface area (TPSA) is 114 Å². The average molecular weight is 256 g/mol. The lowest BCUT2D eigenvalue weighted by Gasteiger charge is -2.29. The minimum Gasteiger partial charge on any atom is -0.393 e. The van der Waals surface area contributed by atoms with Crippen molar-refractivity contribution in [3.8, 4) is 0 Å². The summed E-state index contributed by atoms with van der Waals surface area (Å²) in [7, 11) is 0. The van der Waals surface area contributed by atoms with Crippen LogP contribution in [0.2, 0.25) is 0 Å². The van der Waals surface area contributed by atoms with Gasteiger partial charge in [-0.1, -0.05) is 0 Å². The molecule has 18 heavy (non-hydrogen) atoms. The van der Waals surface area contributed by atoms with Crippen molar-refractivity contribution in [3.05, 3.63) is 33.1 Å². The molecule has 0 aromatic carbocycles. The van der Waals surface area contributed by atoms with Crippen LogP contribution < -0.4 is 11.2 Å². The molecule has 0 aliphatic carbocycles. The first-order valence-corrected chi connectivity index (χ1v) is 5.47. The van der Waals surface area contributed by atoms with Crippen molar-refractivity contribution in [3.63, 3.8) is 0 Å². The maximum Gasteiger partial charge on any atom is 0.330 e. The average Bonchev–Trinajstić information content (AvgIpc) is 2.81. The second-order valence-electron chi connectivity index (χ2n) is 4.47. The number of ether oxygens (including phenoxy) is 2. The van der Waals surface area contributed by atoms with E-state index in [2.05, 4.69) is 4.98 Å². The SMILES string of the molecule is O=c1ccn([C@H]2O[C@@]3(CO)CO[C@H]2[C@H]3O)c(=O)[nH]1. The van der Waals surface area contributed by atoms with Crippen molar-refractivity contribution in [2.24, 2.45) is 0 Å². The quantitative estimate of drug-likeness (QED) is 0.541. The molecule has 4 atom stereocenters. The number of hydrogen-bond acceptors (Lipinski definition) is 6. The van der Waals surface area contributed by atoms with Gasteiger partial charge in [0.2, 0.25) is 0 Å². The molecular formula is C10H12N2O6. The Bertz CT molecular complexity index is 580. The highest BCUT2D eigenvalue weighted by Gasteiger charge is 2.61. The lowest BCUT2D eigenvalue weighted by atomic mass is 10.0. The lowest BCUT2D eigenvalue weighted by Crippen LogP contribution is -2.44. The van der Waals surface area contributed by atoms with Crippen LogP contribution in [0.1, 0.15) is 6.23 Å². The van der Waals surface area contributed by atoms with Gasteiger partial charge in [-0.3, -0.25) is 14.3 Å². The molecule has 2 bridgehead atoms. The van der Waals surface area contributed by atoms with Gasteiger partial charge in [0, 0.05) is 12.3 Å². The van der Waals surface area contributed by atoms with Crippen LogP contribution in [0.3, 0.4) is 0 Å². The Balaban J connectivity index is 2.01. The van der Waals surface area contributed by atoms with Crippen LogP contribution in [0, 0.1) is 0 Å². The van der Waals surface area contributed by atoms with E-state index in [1.807, 2.05) is 0 Å². The van der Waals surface area contributed by atoms with Gasteiger partial charge in [-0.2, -0.15) is 0 Å². The first-order valence-electron chi connectivity index (χ1n) is 5.47. The fourth-order valence-electron chi connectivity index (χ4n) is 2.38. The van der Waals surface area contributed by atoms with Gasteiger partial charge in [0.1, 0.15) is 17.8 Å². The number of H-pyrrole nitrogens is 1. The minimum absolute atomic E-state index is 0.0734. The second kappa shape index (κ2) is 3.75. The summed E-state index contributed by atoms with van der Waals surface area (Å²) >= 11 is 0. The maximum absolute atomic E-state index is 11.6. The number of aromatic amines is 1. The minimum atomic E-state index is -1.19. The Labute approximate surface area is 100 Å². The third-order valence-corrected chi connectivity index (χ3v) is 3.40. The zero-order valence-corrected chi connectivity index (χ0v) is 9.28. The van der Waals surface area contributed by atoms with Gasteiger partial charge >= 0.3 is 5.69 Å². The largest absolute Gasteiger partial charge is 0.393 e. The number of aromatic nitrogens is 2. The molecule has 2 aliphatic rings. The molecule has 0 spiro atoms. The van der Waals surface area contributed by atoms with Crippen molar-refractivity contribution in [2.75, 3.05) is 13.2 Å². The smallest absolute Gasteiger partial charge is 0.330 e. The van der Waals surface area contributed by atoms with Gasteiger partial charge < -0.3 is 19.7 Å². The van der Waals surface area contributed by atoms with E-state index >= 15 is 0 Å². The van der Waals surface area contributed by atoms with Crippen LogP contribution in [-0.4, -0.2) is 50.8 Å². The van der Waals surface area contributed by atoms with Gasteiger partial charge in [0.05, 0.1) is 13.2 Å². The lowest BCUT2D eigenvalue weighted by molar-refractivity contribution is -0.187. The Morgan fingerprint density at radius 1 is 1.56 bits per heavy atom. The number of fused-ring (bicyclic) bond motifs is 2. The van der Waals surface area contributed by atoms with Crippen molar-refractivity contribution in [1.82, 2.24) is 9.55 Å². The normalized spacial score (nSPS) is 38.2. The molecule has 8 heteroatoms. The molecule has 3 N–H and O–H groups in total. The summed E-state index contributed by atoms with van der Waals surface area (Å²) in [5.41, 5.74) is -2.35. The Morgan fingerprint density at radius 2 is 2.33 bits per heavy atom. The Hall–Kier alpha value is -1.48. The summed E-state index contributed by atoms with van der Waals surface area (Å²) in [4.78, 5) is 24.7. The summed E-state index contributed by atoms with van der Waals surface area (Å²) < 4.78 is 12.0. The van der Waals surface area contributed by atoms with Crippen LogP contribution in [0.5, 0.6) is 0 Å². The van der Waals surface area contributed by atoms with Gasteiger partial charge in [-0.15, -0.1) is 0 Å². The molecule has 1 aromatic rings. The number of aliphatic hydroxyl groups is 2. The highest BCUT2D eigenvalue weighted by Crippen LogP contribution is 2.43. The van der Waals surface area contributed by atoms with Crippen molar-refractivity contribution in [2.45, 2.75) is 24.0 Å². The van der Waals surface area contributed by atoms with E-state index in [9.17, 15) is 19.8 Å². The number of nitrogens with one attached hydrogen (secondary N) is 1. The summed E-state index contributed by atoms with van der Waals surface area (Å²) in [6.45, 7) is -0.330. The van der Waals surface area contributed by atoms with Gasteiger partial charge in [0.15, 0.2) is 6.23 Å². The van der Waals surface area contributed by atoms with Crippen molar-refractivity contribution in [1.29, 1.82) is 0 Å². The molecule has 0 radical (unpaired) electrons. The maximum atomic E-state index is 11.6. The first-order chi connectivity index (χ1) is 8.57. The summed E-state index contributed by atoms with van der Waals surface area (Å²) in [6.07, 6.45) is -1.33. The second-order valence-corrected chi connectivity index (χ2v) is 4.47. The predicted octanol–water partition coefficient (Wildman–Crippen LogP) is -2.44. The van der Waals surface area contributed by atoms with E-state index in [-0.39, 0.29) is 6.61 Å². The molecule has 2 fully saturated rings. The van der Waals surface area contributed by atoms with Crippen LogP contribution in [0.4, 0.5) is 0 Å². The molecule has 2 saturated heterocycles. The van der Waals surface area contributed by atoms with Crippen LogP contribution in [-0.2, 0) is 9.47 Å². The van der Waals surface area contributed by atoms with Crippen molar-refractivity contribution >= 4 is 0 Å².